The van der Waals surface area contributed by atoms with Crippen LogP contribution in [0.3, 0.4) is 0 Å². The van der Waals surface area contributed by atoms with E-state index in [1.807, 2.05) is 62.5 Å². The number of anilines is 5. The lowest BCUT2D eigenvalue weighted by atomic mass is 10.0. The van der Waals surface area contributed by atoms with E-state index in [2.05, 4.69) is 32.0 Å². The Morgan fingerprint density at radius 1 is 0.972 bits per heavy atom. The molecule has 36 heavy (non-hydrogen) atoms. The number of allylic oxidation sites excluding steroid dienone is 1. The van der Waals surface area contributed by atoms with Gasteiger partial charge in [0.25, 0.3) is 0 Å². The molecule has 0 saturated heterocycles. The van der Waals surface area contributed by atoms with Crippen molar-refractivity contribution in [3.63, 3.8) is 0 Å². The van der Waals surface area contributed by atoms with Crippen LogP contribution in [0, 0.1) is 36.5 Å². The largest absolute Gasteiger partial charge is 0.377 e. The molecule has 0 aliphatic rings. The lowest BCUT2D eigenvalue weighted by molar-refractivity contribution is 1.08. The molecule has 2 heterocycles. The predicted octanol–water partition coefficient (Wildman–Crippen LogP) is 6.00. The summed E-state index contributed by atoms with van der Waals surface area (Å²) < 4.78 is 0. The average molecular weight is 473 g/mol. The molecule has 0 unspecified atom stereocenters. The average Bonchev–Trinajstić information content (AvgIpc) is 2.90. The Morgan fingerprint density at radius 2 is 1.75 bits per heavy atom. The van der Waals surface area contributed by atoms with Crippen molar-refractivity contribution >= 4 is 34.9 Å². The van der Waals surface area contributed by atoms with Crippen LogP contribution in [0.4, 0.5) is 28.8 Å². The van der Waals surface area contributed by atoms with Crippen LogP contribution in [0.2, 0.25) is 0 Å². The molecule has 8 heteroatoms. The molecule has 0 aliphatic carbocycles. The number of pyridine rings is 1. The molecule has 176 valence electrons. The normalized spacial score (nSPS) is 10.4. The van der Waals surface area contributed by atoms with Gasteiger partial charge in [0.1, 0.15) is 0 Å². The van der Waals surface area contributed by atoms with Gasteiger partial charge < -0.3 is 16.0 Å². The standard InChI is InChI=1S/C28H24N8/c1-19-13-22(5-3-11-29)14-20(2)26(19)35-27-25(32-17-23-6-4-12-31-16-23)18-33-28(36-27)34-24-9-7-21(15-30)8-10-24/h3-10,12-14,16,18,32H,17H2,1-2H3,(H2,33,34,35,36)/b5-3+. The number of hydrogen-bond donors (Lipinski definition) is 3. The molecular formula is C28H24N8. The molecule has 0 aliphatic heterocycles. The first-order valence-corrected chi connectivity index (χ1v) is 11.3. The second kappa shape index (κ2) is 11.3. The molecule has 0 bridgehead atoms. The first kappa shape index (κ1) is 23.9. The minimum absolute atomic E-state index is 0.415. The monoisotopic (exact) mass is 472 g/mol. The molecule has 2 aromatic heterocycles. The third-order valence-electron chi connectivity index (χ3n) is 5.41. The summed E-state index contributed by atoms with van der Waals surface area (Å²) in [6.45, 7) is 4.59. The van der Waals surface area contributed by atoms with Crippen LogP contribution in [-0.4, -0.2) is 15.0 Å². The molecule has 0 spiro atoms. The van der Waals surface area contributed by atoms with Crippen molar-refractivity contribution < 1.29 is 0 Å². The minimum Gasteiger partial charge on any atom is -0.377 e. The van der Waals surface area contributed by atoms with E-state index >= 15 is 0 Å². The highest BCUT2D eigenvalue weighted by Crippen LogP contribution is 2.30. The molecule has 4 rings (SSSR count). The maximum atomic E-state index is 9.03. The van der Waals surface area contributed by atoms with Gasteiger partial charge in [0.05, 0.1) is 29.6 Å². The van der Waals surface area contributed by atoms with Crippen molar-refractivity contribution in [1.29, 1.82) is 10.5 Å². The van der Waals surface area contributed by atoms with E-state index in [4.69, 9.17) is 15.5 Å². The van der Waals surface area contributed by atoms with Crippen LogP contribution < -0.4 is 16.0 Å². The zero-order chi connectivity index (χ0) is 25.3. The van der Waals surface area contributed by atoms with E-state index in [0.717, 1.165) is 39.3 Å². The quantitative estimate of drug-likeness (QED) is 0.267. The summed E-state index contributed by atoms with van der Waals surface area (Å²) in [5, 5.41) is 27.9. The Balaban J connectivity index is 1.65. The van der Waals surface area contributed by atoms with E-state index in [1.54, 1.807) is 30.6 Å². The van der Waals surface area contributed by atoms with Gasteiger partial charge in [-0.15, -0.1) is 0 Å². The van der Waals surface area contributed by atoms with Crippen LogP contribution in [0.15, 0.2) is 73.2 Å². The fourth-order valence-corrected chi connectivity index (χ4v) is 3.67. The van der Waals surface area contributed by atoms with E-state index in [0.29, 0.717) is 23.9 Å². The fourth-order valence-electron chi connectivity index (χ4n) is 3.67. The van der Waals surface area contributed by atoms with Gasteiger partial charge in [-0.3, -0.25) is 4.98 Å². The molecular weight excluding hydrogens is 448 g/mol. The minimum atomic E-state index is 0.415. The van der Waals surface area contributed by atoms with E-state index < -0.39 is 0 Å². The molecule has 0 atom stereocenters. The van der Waals surface area contributed by atoms with Gasteiger partial charge in [0, 0.05) is 36.4 Å². The van der Waals surface area contributed by atoms with Crippen molar-refractivity contribution in [2.75, 3.05) is 16.0 Å². The number of aryl methyl sites for hydroxylation is 2. The van der Waals surface area contributed by atoms with E-state index in [-0.39, 0.29) is 0 Å². The zero-order valence-electron chi connectivity index (χ0n) is 19.9. The summed E-state index contributed by atoms with van der Waals surface area (Å²) >= 11 is 0. The highest BCUT2D eigenvalue weighted by Gasteiger charge is 2.12. The highest BCUT2D eigenvalue weighted by atomic mass is 15.2. The summed E-state index contributed by atoms with van der Waals surface area (Å²) in [5.41, 5.74) is 7.04. The van der Waals surface area contributed by atoms with Gasteiger partial charge >= 0.3 is 0 Å². The van der Waals surface area contributed by atoms with E-state index in [1.165, 1.54) is 6.08 Å². The Bertz CT molecular complexity index is 1440. The van der Waals surface area contributed by atoms with Gasteiger partial charge in [-0.1, -0.05) is 6.07 Å². The van der Waals surface area contributed by atoms with Gasteiger partial charge in [-0.25, -0.2) is 4.98 Å². The van der Waals surface area contributed by atoms with Crippen LogP contribution in [0.25, 0.3) is 6.08 Å². The molecule has 0 radical (unpaired) electrons. The van der Waals surface area contributed by atoms with Crippen molar-refractivity contribution in [1.82, 2.24) is 15.0 Å². The lowest BCUT2D eigenvalue weighted by Crippen LogP contribution is -2.08. The number of nitriles is 2. The summed E-state index contributed by atoms with van der Waals surface area (Å²) in [6.07, 6.45) is 8.53. The number of aromatic nitrogens is 3. The second-order valence-corrected chi connectivity index (χ2v) is 8.10. The highest BCUT2D eigenvalue weighted by molar-refractivity contribution is 5.76. The molecule has 3 N–H and O–H groups in total. The lowest BCUT2D eigenvalue weighted by Gasteiger charge is -2.18. The molecule has 4 aromatic rings. The van der Waals surface area contributed by atoms with Gasteiger partial charge in [-0.2, -0.15) is 15.5 Å². The molecule has 0 saturated carbocycles. The maximum absolute atomic E-state index is 9.03. The molecule has 0 amide bonds. The number of benzene rings is 2. The van der Waals surface area contributed by atoms with Gasteiger partial charge in [0.2, 0.25) is 5.95 Å². The summed E-state index contributed by atoms with van der Waals surface area (Å²) in [5.74, 6) is 1.02. The van der Waals surface area contributed by atoms with Crippen molar-refractivity contribution in [2.45, 2.75) is 20.4 Å². The molecule has 2 aromatic carbocycles. The van der Waals surface area contributed by atoms with Crippen molar-refractivity contribution in [2.24, 2.45) is 0 Å². The fraction of sp³-hybridized carbons (Fsp3) is 0.107. The first-order chi connectivity index (χ1) is 17.6. The number of rotatable bonds is 8. The summed E-state index contributed by atoms with van der Waals surface area (Å²) in [6, 6.07) is 19.2. The summed E-state index contributed by atoms with van der Waals surface area (Å²) in [4.78, 5) is 13.4. The van der Waals surface area contributed by atoms with Crippen molar-refractivity contribution in [3.05, 3.63) is 101 Å². The Morgan fingerprint density at radius 3 is 2.42 bits per heavy atom. The van der Waals surface area contributed by atoms with Gasteiger partial charge in [-0.05, 0) is 84.6 Å². The number of hydrogen-bond acceptors (Lipinski definition) is 8. The van der Waals surface area contributed by atoms with Crippen LogP contribution in [0.1, 0.15) is 27.8 Å². The number of nitrogens with one attached hydrogen (secondary N) is 3. The third kappa shape index (κ3) is 6.02. The van der Waals surface area contributed by atoms with Gasteiger partial charge in [0.15, 0.2) is 5.82 Å². The predicted molar refractivity (Wildman–Crippen MR) is 142 cm³/mol. The first-order valence-electron chi connectivity index (χ1n) is 11.3. The summed E-state index contributed by atoms with van der Waals surface area (Å²) in [7, 11) is 0. The molecule has 0 fully saturated rings. The maximum Gasteiger partial charge on any atom is 0.229 e. The smallest absolute Gasteiger partial charge is 0.229 e. The van der Waals surface area contributed by atoms with Crippen LogP contribution >= 0.6 is 0 Å². The van der Waals surface area contributed by atoms with Crippen LogP contribution in [-0.2, 0) is 6.54 Å². The van der Waals surface area contributed by atoms with Crippen molar-refractivity contribution in [3.8, 4) is 12.1 Å². The van der Waals surface area contributed by atoms with Crippen LogP contribution in [0.5, 0.6) is 0 Å². The Kier molecular flexibility index (Phi) is 7.50. The molecule has 8 nitrogen and oxygen atoms in total. The Hall–Kier alpha value is -5.21. The Labute approximate surface area is 210 Å². The topological polar surface area (TPSA) is 122 Å². The van der Waals surface area contributed by atoms with E-state index in [9.17, 15) is 0 Å². The number of nitrogens with zero attached hydrogens (tertiary/aromatic N) is 5. The zero-order valence-corrected chi connectivity index (χ0v) is 19.9. The SMILES string of the molecule is Cc1cc(/C=C/C#N)cc(C)c1Nc1nc(Nc2ccc(C#N)cc2)ncc1NCc1cccnc1. The second-order valence-electron chi connectivity index (χ2n) is 8.10. The third-order valence-corrected chi connectivity index (χ3v) is 5.41.